The molecule has 1 aromatic carbocycles. The summed E-state index contributed by atoms with van der Waals surface area (Å²) in [5.74, 6) is 0.454. The number of benzene rings is 1. The number of nitrogens with one attached hydrogen (secondary N) is 2. The molecule has 6 nitrogen and oxygen atoms in total. The van der Waals surface area contributed by atoms with Crippen LogP contribution in [0, 0.1) is 5.92 Å². The molecule has 2 aliphatic rings. The van der Waals surface area contributed by atoms with Crippen molar-refractivity contribution in [2.45, 2.75) is 69.2 Å². The summed E-state index contributed by atoms with van der Waals surface area (Å²) >= 11 is 0. The van der Waals surface area contributed by atoms with Crippen LogP contribution in [-0.2, 0) is 14.8 Å². The fourth-order valence-corrected chi connectivity index (χ4v) is 4.84. The Kier molecular flexibility index (Phi) is 5.96. The maximum atomic E-state index is 12.3. The van der Waals surface area contributed by atoms with Crippen molar-refractivity contribution in [2.75, 3.05) is 5.32 Å². The van der Waals surface area contributed by atoms with Crippen LogP contribution in [0.15, 0.2) is 33.6 Å². The van der Waals surface area contributed by atoms with E-state index in [9.17, 15) is 13.2 Å². The van der Waals surface area contributed by atoms with Gasteiger partial charge in [0.1, 0.15) is 10.7 Å². The monoisotopic (exact) mass is 377 g/mol. The largest absolute Gasteiger partial charge is 0.353 e. The minimum absolute atomic E-state index is 0.00694. The molecule has 1 aliphatic heterocycles. The van der Waals surface area contributed by atoms with Gasteiger partial charge in [0.25, 0.3) is 10.0 Å². The molecule has 0 saturated heterocycles. The van der Waals surface area contributed by atoms with E-state index in [1.54, 1.807) is 24.3 Å². The molecule has 1 aliphatic carbocycles. The van der Waals surface area contributed by atoms with Gasteiger partial charge in [0, 0.05) is 18.9 Å². The number of fused-ring (bicyclic) bond motifs is 1. The van der Waals surface area contributed by atoms with Crippen LogP contribution in [0.3, 0.4) is 0 Å². The summed E-state index contributed by atoms with van der Waals surface area (Å²) in [6, 6.07) is 7.02. The molecule has 1 atom stereocenters. The number of anilines is 1. The molecule has 0 bridgehead atoms. The molecular weight excluding hydrogens is 350 g/mol. The number of carbonyl (C=O) groups excluding carboxylic acids is 1. The van der Waals surface area contributed by atoms with Crippen molar-refractivity contribution in [2.24, 2.45) is 10.3 Å². The van der Waals surface area contributed by atoms with Crippen molar-refractivity contribution in [1.82, 2.24) is 5.32 Å². The highest BCUT2D eigenvalue weighted by molar-refractivity contribution is 7.90. The van der Waals surface area contributed by atoms with Gasteiger partial charge < -0.3 is 10.6 Å². The molecule has 1 aromatic rings. The molecule has 0 radical (unpaired) electrons. The predicted octanol–water partition coefficient (Wildman–Crippen LogP) is 3.45. The highest BCUT2D eigenvalue weighted by atomic mass is 32.2. The summed E-state index contributed by atoms with van der Waals surface area (Å²) in [5.41, 5.74) is 0.549. The van der Waals surface area contributed by atoms with Crippen LogP contribution in [0.2, 0.25) is 0 Å². The van der Waals surface area contributed by atoms with E-state index in [-0.39, 0.29) is 22.8 Å². The minimum Gasteiger partial charge on any atom is -0.353 e. The number of nitrogens with zero attached hydrogens (tertiary/aromatic N) is 1. The van der Waals surface area contributed by atoms with Gasteiger partial charge in [-0.2, -0.15) is 8.42 Å². The average Bonchev–Trinajstić information content (AvgIpc) is 2.82. The van der Waals surface area contributed by atoms with Crippen molar-refractivity contribution in [3.05, 3.63) is 24.3 Å². The lowest BCUT2D eigenvalue weighted by molar-refractivity contribution is -0.122. The van der Waals surface area contributed by atoms with E-state index in [0.717, 1.165) is 12.8 Å². The van der Waals surface area contributed by atoms with Crippen LogP contribution in [0.4, 0.5) is 5.69 Å². The van der Waals surface area contributed by atoms with Crippen LogP contribution in [0.5, 0.6) is 0 Å². The average molecular weight is 378 g/mol. The van der Waals surface area contributed by atoms with E-state index >= 15 is 0 Å². The third-order valence-corrected chi connectivity index (χ3v) is 6.34. The Bertz CT molecular complexity index is 781. The van der Waals surface area contributed by atoms with Gasteiger partial charge in [0.05, 0.1) is 5.69 Å². The molecule has 0 unspecified atom stereocenters. The lowest BCUT2D eigenvalue weighted by atomic mass is 10.0. The van der Waals surface area contributed by atoms with Gasteiger partial charge in [0.2, 0.25) is 5.91 Å². The van der Waals surface area contributed by atoms with Crippen LogP contribution in [0.1, 0.15) is 58.3 Å². The van der Waals surface area contributed by atoms with Crippen LogP contribution in [0.25, 0.3) is 0 Å². The zero-order valence-corrected chi connectivity index (χ0v) is 16.0. The van der Waals surface area contributed by atoms with Crippen molar-refractivity contribution < 1.29 is 13.2 Å². The SMILES string of the molecule is C[C@@H](CC(=O)NC1CCCCCC1)CC1=NS(=O)(=O)c2ccccc2N1. The molecule has 1 saturated carbocycles. The van der Waals surface area contributed by atoms with Crippen molar-refractivity contribution in [3.63, 3.8) is 0 Å². The lowest BCUT2D eigenvalue weighted by Crippen LogP contribution is -2.35. The number of hydrogen-bond acceptors (Lipinski definition) is 4. The van der Waals surface area contributed by atoms with E-state index < -0.39 is 10.0 Å². The minimum atomic E-state index is -3.67. The normalized spacial score (nSPS) is 20.9. The first-order chi connectivity index (χ1) is 12.4. The topological polar surface area (TPSA) is 87.6 Å². The van der Waals surface area contributed by atoms with Gasteiger partial charge in [-0.15, -0.1) is 4.40 Å². The second-order valence-corrected chi connectivity index (χ2v) is 8.98. The molecule has 0 spiro atoms. The molecule has 1 fully saturated rings. The Hall–Kier alpha value is -1.89. The summed E-state index contributed by atoms with van der Waals surface area (Å²) < 4.78 is 28.4. The lowest BCUT2D eigenvalue weighted by Gasteiger charge is -2.21. The van der Waals surface area contributed by atoms with Crippen LogP contribution < -0.4 is 10.6 Å². The Morgan fingerprint density at radius 2 is 1.92 bits per heavy atom. The fraction of sp³-hybridized carbons (Fsp3) is 0.579. The highest BCUT2D eigenvalue weighted by Gasteiger charge is 2.25. The van der Waals surface area contributed by atoms with E-state index in [4.69, 9.17) is 0 Å². The molecule has 142 valence electrons. The smallest absolute Gasteiger partial charge is 0.286 e. The third-order valence-electron chi connectivity index (χ3n) is 4.97. The molecule has 3 rings (SSSR count). The molecule has 0 aromatic heterocycles. The zero-order valence-electron chi connectivity index (χ0n) is 15.2. The number of hydrogen-bond donors (Lipinski definition) is 2. The summed E-state index contributed by atoms with van der Waals surface area (Å²) in [6.45, 7) is 1.95. The number of para-hydroxylation sites is 1. The number of amidine groups is 1. The Labute approximate surface area is 155 Å². The number of rotatable bonds is 5. The summed E-state index contributed by atoms with van der Waals surface area (Å²) in [7, 11) is -3.67. The maximum absolute atomic E-state index is 12.3. The standard InChI is InChI=1S/C19H27N3O3S/c1-14(13-19(23)20-15-8-4-2-3-5-9-15)12-18-21-16-10-6-7-11-17(16)26(24,25)22-18/h6-7,10-11,14-15H,2-5,8-9,12-13H2,1H3,(H,20,23)(H,21,22)/t14-/m1/s1. The Morgan fingerprint density at radius 1 is 1.23 bits per heavy atom. The first-order valence-corrected chi connectivity index (χ1v) is 10.9. The molecule has 1 amide bonds. The molecule has 26 heavy (non-hydrogen) atoms. The molecule has 1 heterocycles. The number of sulfonamides is 1. The maximum Gasteiger partial charge on any atom is 0.286 e. The second-order valence-electron chi connectivity index (χ2n) is 7.40. The van der Waals surface area contributed by atoms with Gasteiger partial charge >= 0.3 is 0 Å². The second kappa shape index (κ2) is 8.20. The zero-order chi connectivity index (χ0) is 18.6. The summed E-state index contributed by atoms with van der Waals surface area (Å²) in [5, 5.41) is 6.23. The van der Waals surface area contributed by atoms with Crippen molar-refractivity contribution in [3.8, 4) is 0 Å². The highest BCUT2D eigenvalue weighted by Crippen LogP contribution is 2.28. The predicted molar refractivity (Wildman–Crippen MR) is 103 cm³/mol. The van der Waals surface area contributed by atoms with E-state index in [1.807, 2.05) is 6.92 Å². The van der Waals surface area contributed by atoms with E-state index in [2.05, 4.69) is 15.0 Å². The Balaban J connectivity index is 1.56. The number of carbonyl (C=O) groups is 1. The van der Waals surface area contributed by atoms with Crippen LogP contribution >= 0.6 is 0 Å². The summed E-state index contributed by atoms with van der Waals surface area (Å²) in [4.78, 5) is 12.5. The fourth-order valence-electron chi connectivity index (χ4n) is 3.68. The van der Waals surface area contributed by atoms with Crippen molar-refractivity contribution in [1.29, 1.82) is 0 Å². The van der Waals surface area contributed by atoms with Crippen LogP contribution in [-0.4, -0.2) is 26.2 Å². The third kappa shape index (κ3) is 4.84. The van der Waals surface area contributed by atoms with Gasteiger partial charge in [-0.1, -0.05) is 44.7 Å². The van der Waals surface area contributed by atoms with Gasteiger partial charge in [-0.05, 0) is 30.9 Å². The van der Waals surface area contributed by atoms with Gasteiger partial charge in [0.15, 0.2) is 0 Å². The van der Waals surface area contributed by atoms with E-state index in [0.29, 0.717) is 24.4 Å². The molecular formula is C19H27N3O3S. The first kappa shape index (κ1) is 18.9. The first-order valence-electron chi connectivity index (χ1n) is 9.43. The Morgan fingerprint density at radius 3 is 2.65 bits per heavy atom. The van der Waals surface area contributed by atoms with E-state index in [1.165, 1.54) is 25.7 Å². The molecule has 7 heteroatoms. The van der Waals surface area contributed by atoms with Gasteiger partial charge in [-0.25, -0.2) is 0 Å². The van der Waals surface area contributed by atoms with Crippen molar-refractivity contribution >= 4 is 27.5 Å². The summed E-state index contributed by atoms with van der Waals surface area (Å²) in [6.07, 6.45) is 7.78. The quantitative estimate of drug-likeness (QED) is 0.769. The molecule has 2 N–H and O–H groups in total. The number of amides is 1. The van der Waals surface area contributed by atoms with Gasteiger partial charge in [-0.3, -0.25) is 4.79 Å².